The highest BCUT2D eigenvalue weighted by atomic mass is 79.9. The topological polar surface area (TPSA) is 69.7 Å². The Bertz CT molecular complexity index is 797. The zero-order valence-electron chi connectivity index (χ0n) is 11.9. The number of carbonyl (C=O) groups excluding carboxylic acids is 1. The number of methoxy groups -OCH3 is 1. The van der Waals surface area contributed by atoms with Gasteiger partial charge in [0.15, 0.2) is 11.5 Å². The molecule has 0 N–H and O–H groups in total. The Balaban J connectivity index is 2.38. The van der Waals surface area contributed by atoms with E-state index in [1.165, 1.54) is 50.4 Å². The zero-order valence-corrected chi connectivity index (χ0v) is 14.3. The maximum absolute atomic E-state index is 12.3. The molecular formula is C15H13BrO5S. The van der Waals surface area contributed by atoms with Crippen LogP contribution >= 0.6 is 15.9 Å². The number of halogens is 1. The molecule has 7 heteroatoms. The summed E-state index contributed by atoms with van der Waals surface area (Å²) in [5.41, 5.74) is 0.187. The molecule has 0 heterocycles. The van der Waals surface area contributed by atoms with Gasteiger partial charge in [-0.05, 0) is 49.4 Å². The summed E-state index contributed by atoms with van der Waals surface area (Å²) < 4.78 is 35.3. The first-order valence-corrected chi connectivity index (χ1v) is 8.42. The lowest BCUT2D eigenvalue weighted by Crippen LogP contribution is -2.12. The molecule has 0 fully saturated rings. The largest absolute Gasteiger partial charge is 0.497 e. The second-order valence-electron chi connectivity index (χ2n) is 4.41. The molecule has 0 atom stereocenters. The molecule has 2 rings (SSSR count). The van der Waals surface area contributed by atoms with Crippen molar-refractivity contribution in [2.45, 2.75) is 11.8 Å². The normalized spacial score (nSPS) is 11.0. The molecule has 0 aromatic heterocycles. The summed E-state index contributed by atoms with van der Waals surface area (Å²) >= 11 is 3.23. The van der Waals surface area contributed by atoms with Crippen LogP contribution in [0.15, 0.2) is 51.8 Å². The number of benzene rings is 2. The SMILES string of the molecule is COc1ccc(S(=O)(=O)Oc2ccc(Br)cc2C(C)=O)cc1. The number of ether oxygens (including phenoxy) is 1. The van der Waals surface area contributed by atoms with Gasteiger partial charge in [0.1, 0.15) is 10.6 Å². The van der Waals surface area contributed by atoms with Crippen LogP contribution in [0.25, 0.3) is 0 Å². The predicted octanol–water partition coefficient (Wildman–Crippen LogP) is 3.43. The number of hydrogen-bond acceptors (Lipinski definition) is 5. The van der Waals surface area contributed by atoms with Crippen LogP contribution in [0.4, 0.5) is 0 Å². The van der Waals surface area contributed by atoms with Crippen molar-refractivity contribution in [3.63, 3.8) is 0 Å². The second-order valence-corrected chi connectivity index (χ2v) is 6.87. The maximum atomic E-state index is 12.3. The van der Waals surface area contributed by atoms with E-state index in [9.17, 15) is 13.2 Å². The van der Waals surface area contributed by atoms with Crippen LogP contribution in [0.1, 0.15) is 17.3 Å². The Morgan fingerprint density at radius 2 is 1.73 bits per heavy atom. The van der Waals surface area contributed by atoms with Gasteiger partial charge in [-0.2, -0.15) is 8.42 Å². The van der Waals surface area contributed by atoms with E-state index in [1.54, 1.807) is 6.07 Å². The minimum absolute atomic E-state index is 0.00785. The van der Waals surface area contributed by atoms with Gasteiger partial charge < -0.3 is 8.92 Å². The quantitative estimate of drug-likeness (QED) is 0.583. The summed E-state index contributed by atoms with van der Waals surface area (Å²) in [6.07, 6.45) is 0. The monoisotopic (exact) mass is 384 g/mol. The molecule has 22 heavy (non-hydrogen) atoms. The standard InChI is InChI=1S/C15H13BrO5S/c1-10(17)14-9-11(16)3-8-15(14)21-22(18,19)13-6-4-12(20-2)5-7-13/h3-9H,1-2H3. The third kappa shape index (κ3) is 3.66. The molecule has 5 nitrogen and oxygen atoms in total. The molecule has 116 valence electrons. The molecule has 0 amide bonds. The number of ketones is 1. The van der Waals surface area contributed by atoms with E-state index in [0.717, 1.165) is 0 Å². The molecule has 0 aliphatic rings. The first-order chi connectivity index (χ1) is 10.3. The van der Waals surface area contributed by atoms with Gasteiger partial charge in [-0.15, -0.1) is 0 Å². The molecule has 0 saturated heterocycles. The molecule has 0 aliphatic heterocycles. The van der Waals surface area contributed by atoms with Crippen LogP contribution < -0.4 is 8.92 Å². The fraction of sp³-hybridized carbons (Fsp3) is 0.133. The minimum atomic E-state index is -4.03. The molecule has 2 aromatic rings. The maximum Gasteiger partial charge on any atom is 0.339 e. The Hall–Kier alpha value is -1.86. The molecule has 0 saturated carbocycles. The van der Waals surface area contributed by atoms with E-state index in [1.807, 2.05) is 0 Å². The van der Waals surface area contributed by atoms with Crippen molar-refractivity contribution in [3.05, 3.63) is 52.5 Å². The van der Waals surface area contributed by atoms with Crippen molar-refractivity contribution in [1.29, 1.82) is 0 Å². The summed E-state index contributed by atoms with van der Waals surface area (Å²) in [6, 6.07) is 10.3. The van der Waals surface area contributed by atoms with Gasteiger partial charge in [-0.25, -0.2) is 0 Å². The summed E-state index contributed by atoms with van der Waals surface area (Å²) in [7, 11) is -2.54. The average molecular weight is 385 g/mol. The van der Waals surface area contributed by atoms with Crippen molar-refractivity contribution >= 4 is 31.8 Å². The highest BCUT2D eigenvalue weighted by Crippen LogP contribution is 2.27. The number of carbonyl (C=O) groups is 1. The zero-order chi connectivity index (χ0) is 16.3. The van der Waals surface area contributed by atoms with E-state index in [4.69, 9.17) is 8.92 Å². The molecule has 0 aliphatic carbocycles. The molecule has 0 bridgehead atoms. The highest BCUT2D eigenvalue weighted by molar-refractivity contribution is 9.10. The second kappa shape index (κ2) is 6.50. The number of hydrogen-bond donors (Lipinski definition) is 0. The van der Waals surface area contributed by atoms with Crippen LogP contribution in [0.2, 0.25) is 0 Å². The lowest BCUT2D eigenvalue weighted by Gasteiger charge is -2.10. The first kappa shape index (κ1) is 16.5. The lowest BCUT2D eigenvalue weighted by molar-refractivity contribution is 0.101. The van der Waals surface area contributed by atoms with Crippen molar-refractivity contribution in [1.82, 2.24) is 0 Å². The summed E-state index contributed by atoms with van der Waals surface area (Å²) in [4.78, 5) is 11.6. The van der Waals surface area contributed by atoms with Crippen LogP contribution in [0.5, 0.6) is 11.5 Å². The summed E-state index contributed by atoms with van der Waals surface area (Å²) in [6.45, 7) is 1.34. The smallest absolute Gasteiger partial charge is 0.339 e. The third-order valence-electron chi connectivity index (χ3n) is 2.87. The van der Waals surface area contributed by atoms with Gasteiger partial charge in [0.2, 0.25) is 0 Å². The molecular weight excluding hydrogens is 372 g/mol. The summed E-state index contributed by atoms with van der Waals surface area (Å²) in [5.74, 6) is 0.236. The van der Waals surface area contributed by atoms with Gasteiger partial charge in [-0.3, -0.25) is 4.79 Å². The highest BCUT2D eigenvalue weighted by Gasteiger charge is 2.20. The van der Waals surface area contributed by atoms with Gasteiger partial charge in [0.05, 0.1) is 12.7 Å². The lowest BCUT2D eigenvalue weighted by atomic mass is 10.1. The van der Waals surface area contributed by atoms with E-state index in [0.29, 0.717) is 10.2 Å². The van der Waals surface area contributed by atoms with E-state index in [2.05, 4.69) is 15.9 Å². The Morgan fingerprint density at radius 1 is 1.09 bits per heavy atom. The third-order valence-corrected chi connectivity index (χ3v) is 4.61. The molecule has 0 spiro atoms. The van der Waals surface area contributed by atoms with Crippen LogP contribution in [0.3, 0.4) is 0 Å². The van der Waals surface area contributed by atoms with Gasteiger partial charge in [0.25, 0.3) is 0 Å². The molecule has 0 radical (unpaired) electrons. The predicted molar refractivity (Wildman–Crippen MR) is 85.0 cm³/mol. The Kier molecular flexibility index (Phi) is 4.87. The number of rotatable bonds is 5. The summed E-state index contributed by atoms with van der Waals surface area (Å²) in [5, 5.41) is 0. The fourth-order valence-corrected chi connectivity index (χ4v) is 3.07. The Labute approximate surface area is 137 Å². The van der Waals surface area contributed by atoms with Crippen molar-refractivity contribution in [2.24, 2.45) is 0 Å². The van der Waals surface area contributed by atoms with Crippen LogP contribution in [-0.4, -0.2) is 21.3 Å². The van der Waals surface area contributed by atoms with Gasteiger partial charge in [-0.1, -0.05) is 15.9 Å². The van der Waals surface area contributed by atoms with Gasteiger partial charge in [0, 0.05) is 4.47 Å². The van der Waals surface area contributed by atoms with Crippen molar-refractivity contribution < 1.29 is 22.1 Å². The first-order valence-electron chi connectivity index (χ1n) is 6.22. The minimum Gasteiger partial charge on any atom is -0.497 e. The van der Waals surface area contributed by atoms with E-state index < -0.39 is 10.1 Å². The number of Topliss-reactive ketones (excluding diaryl/α,β-unsaturated/α-hetero) is 1. The van der Waals surface area contributed by atoms with E-state index in [-0.39, 0.29) is 22.0 Å². The van der Waals surface area contributed by atoms with E-state index >= 15 is 0 Å². The fourth-order valence-electron chi connectivity index (χ4n) is 1.76. The average Bonchev–Trinajstić information content (AvgIpc) is 2.48. The van der Waals surface area contributed by atoms with Gasteiger partial charge >= 0.3 is 10.1 Å². The van der Waals surface area contributed by atoms with Crippen molar-refractivity contribution in [2.75, 3.05) is 7.11 Å². The van der Waals surface area contributed by atoms with Crippen LogP contribution in [-0.2, 0) is 10.1 Å². The molecule has 2 aromatic carbocycles. The molecule has 0 unspecified atom stereocenters. The van der Waals surface area contributed by atoms with Crippen LogP contribution in [0, 0.1) is 0 Å². The van der Waals surface area contributed by atoms with Crippen molar-refractivity contribution in [3.8, 4) is 11.5 Å². The Morgan fingerprint density at radius 3 is 2.27 bits per heavy atom.